The average Bonchev–Trinajstić information content (AvgIpc) is 2.41. The van der Waals surface area contributed by atoms with Gasteiger partial charge in [-0.25, -0.2) is 0 Å². The van der Waals surface area contributed by atoms with E-state index in [1.807, 2.05) is 0 Å². The summed E-state index contributed by atoms with van der Waals surface area (Å²) in [7, 11) is -4.49. The molecule has 0 bridgehead atoms. The smallest absolute Gasteiger partial charge is 0.318 e. The lowest BCUT2D eigenvalue weighted by Crippen LogP contribution is -2.32. The van der Waals surface area contributed by atoms with Crippen LogP contribution in [-0.4, -0.2) is 37.1 Å². The number of esters is 1. The van der Waals surface area contributed by atoms with E-state index in [-0.39, 0.29) is 12.2 Å². The van der Waals surface area contributed by atoms with E-state index in [0.717, 1.165) is 0 Å². The lowest BCUT2D eigenvalue weighted by Gasteiger charge is -2.13. The molecule has 0 aromatic heterocycles. The first-order valence-electron chi connectivity index (χ1n) is 5.67. The van der Waals surface area contributed by atoms with Gasteiger partial charge < -0.3 is 4.74 Å². The summed E-state index contributed by atoms with van der Waals surface area (Å²) in [6.07, 6.45) is 1.29. The first-order valence-corrected chi connectivity index (χ1v) is 7.28. The molecule has 1 N–H and O–H groups in total. The summed E-state index contributed by atoms with van der Waals surface area (Å²) in [4.78, 5) is 23.9. The van der Waals surface area contributed by atoms with Crippen LogP contribution < -0.4 is 0 Å². The van der Waals surface area contributed by atoms with Crippen LogP contribution in [0.15, 0.2) is 43.0 Å². The zero-order valence-corrected chi connectivity index (χ0v) is 11.4. The summed E-state index contributed by atoms with van der Waals surface area (Å²) < 4.78 is 35.4. The summed E-state index contributed by atoms with van der Waals surface area (Å²) in [5, 5.41) is 0. The lowest BCUT2D eigenvalue weighted by atomic mass is 9.99. The molecule has 0 heterocycles. The van der Waals surface area contributed by atoms with Crippen molar-refractivity contribution in [2.24, 2.45) is 5.92 Å². The molecule has 0 saturated heterocycles. The van der Waals surface area contributed by atoms with Crippen LogP contribution in [0.1, 0.15) is 10.4 Å². The van der Waals surface area contributed by atoms with Gasteiger partial charge in [0.05, 0.1) is 5.75 Å². The van der Waals surface area contributed by atoms with Crippen LogP contribution in [0.4, 0.5) is 0 Å². The Balaban J connectivity index is 3.01. The van der Waals surface area contributed by atoms with Crippen LogP contribution in [0.5, 0.6) is 0 Å². The minimum Gasteiger partial charge on any atom is -0.461 e. The second-order valence-corrected chi connectivity index (χ2v) is 5.45. The molecule has 1 unspecified atom stereocenters. The Labute approximate surface area is 116 Å². The fourth-order valence-electron chi connectivity index (χ4n) is 1.51. The van der Waals surface area contributed by atoms with Crippen molar-refractivity contribution in [3.05, 3.63) is 48.6 Å². The fourth-order valence-corrected chi connectivity index (χ4v) is 2.22. The molecule has 0 amide bonds. The van der Waals surface area contributed by atoms with Crippen LogP contribution in [-0.2, 0) is 19.6 Å². The Morgan fingerprint density at radius 1 is 1.30 bits per heavy atom. The van der Waals surface area contributed by atoms with Gasteiger partial charge in [-0.15, -0.1) is 0 Å². The van der Waals surface area contributed by atoms with Crippen molar-refractivity contribution in [2.75, 3.05) is 12.4 Å². The van der Waals surface area contributed by atoms with Crippen LogP contribution >= 0.6 is 0 Å². The second kappa shape index (κ2) is 6.97. The zero-order valence-electron chi connectivity index (χ0n) is 10.6. The van der Waals surface area contributed by atoms with E-state index in [2.05, 4.69) is 11.3 Å². The number of ketones is 1. The Kier molecular flexibility index (Phi) is 5.60. The molecule has 20 heavy (non-hydrogen) atoms. The second-order valence-electron chi connectivity index (χ2n) is 3.95. The van der Waals surface area contributed by atoms with Gasteiger partial charge in [-0.05, 0) is 0 Å². The van der Waals surface area contributed by atoms with Crippen molar-refractivity contribution < 1.29 is 27.3 Å². The quantitative estimate of drug-likeness (QED) is 0.266. The first-order chi connectivity index (χ1) is 9.35. The van der Waals surface area contributed by atoms with E-state index in [4.69, 9.17) is 4.55 Å². The summed E-state index contributed by atoms with van der Waals surface area (Å²) in [5.41, 5.74) is 0.164. The molecule has 1 aromatic carbocycles. The average molecular weight is 298 g/mol. The number of carbonyl (C=O) groups excluding carboxylic acids is 2. The standard InChI is InChI=1S/C13H14O6S/c1-2-8-19-13(15)11(9-20(16,17)18)12(14)10-6-4-3-5-7-10/h2-7,11H,1,8-9H2,(H,16,17,18). The van der Waals surface area contributed by atoms with Crippen molar-refractivity contribution in [3.8, 4) is 0 Å². The molecule has 0 radical (unpaired) electrons. The maximum Gasteiger partial charge on any atom is 0.318 e. The topological polar surface area (TPSA) is 97.7 Å². The van der Waals surface area contributed by atoms with Crippen LogP contribution in [0.25, 0.3) is 0 Å². The third-order valence-corrected chi connectivity index (χ3v) is 3.13. The number of Topliss-reactive ketones (excluding diaryl/α,β-unsaturated/α-hetero) is 1. The van der Waals surface area contributed by atoms with Gasteiger partial charge in [0.2, 0.25) is 0 Å². The third-order valence-electron chi connectivity index (χ3n) is 2.38. The molecule has 1 aromatic rings. The van der Waals surface area contributed by atoms with Crippen molar-refractivity contribution in [1.29, 1.82) is 0 Å². The Morgan fingerprint density at radius 2 is 1.90 bits per heavy atom. The molecule has 1 atom stereocenters. The van der Waals surface area contributed by atoms with Gasteiger partial charge in [-0.1, -0.05) is 43.0 Å². The molecule has 0 aliphatic heterocycles. The van der Waals surface area contributed by atoms with E-state index in [9.17, 15) is 18.0 Å². The number of benzene rings is 1. The van der Waals surface area contributed by atoms with E-state index in [1.54, 1.807) is 18.2 Å². The fraction of sp³-hybridized carbons (Fsp3) is 0.231. The highest BCUT2D eigenvalue weighted by Gasteiger charge is 2.33. The largest absolute Gasteiger partial charge is 0.461 e. The maximum atomic E-state index is 12.1. The SMILES string of the molecule is C=CCOC(=O)C(CS(=O)(=O)O)C(=O)c1ccccc1. The normalized spacial score (nSPS) is 12.4. The Bertz CT molecular complexity index is 591. The molecule has 1 rings (SSSR count). The molecule has 0 fully saturated rings. The molecule has 7 heteroatoms. The Morgan fingerprint density at radius 3 is 2.40 bits per heavy atom. The molecule has 0 aliphatic rings. The number of ether oxygens (including phenoxy) is 1. The summed E-state index contributed by atoms with van der Waals surface area (Å²) in [5.74, 6) is -4.36. The first kappa shape index (κ1) is 16.1. The summed E-state index contributed by atoms with van der Waals surface area (Å²) >= 11 is 0. The van der Waals surface area contributed by atoms with Gasteiger partial charge in [-0.3, -0.25) is 14.1 Å². The molecule has 0 spiro atoms. The van der Waals surface area contributed by atoms with Gasteiger partial charge in [0, 0.05) is 5.56 Å². The van der Waals surface area contributed by atoms with Gasteiger partial charge >= 0.3 is 5.97 Å². The van der Waals surface area contributed by atoms with Gasteiger partial charge in [0.15, 0.2) is 5.78 Å². The van der Waals surface area contributed by atoms with Crippen LogP contribution in [0.3, 0.4) is 0 Å². The molecular formula is C13H14O6S. The number of hydrogen-bond acceptors (Lipinski definition) is 5. The van der Waals surface area contributed by atoms with Crippen molar-refractivity contribution in [1.82, 2.24) is 0 Å². The Hall–Kier alpha value is -1.99. The predicted octanol–water partition coefficient (Wildman–Crippen LogP) is 1.10. The number of hydrogen-bond donors (Lipinski definition) is 1. The molecule has 6 nitrogen and oxygen atoms in total. The minimum atomic E-state index is -4.49. The monoisotopic (exact) mass is 298 g/mol. The van der Waals surface area contributed by atoms with Crippen molar-refractivity contribution >= 4 is 21.9 Å². The van der Waals surface area contributed by atoms with Crippen molar-refractivity contribution in [3.63, 3.8) is 0 Å². The highest BCUT2D eigenvalue weighted by Crippen LogP contribution is 2.13. The third kappa shape index (κ3) is 4.94. The number of rotatable bonds is 7. The molecule has 0 saturated carbocycles. The summed E-state index contributed by atoms with van der Waals surface area (Å²) in [6.45, 7) is 3.19. The zero-order chi connectivity index (χ0) is 15.2. The minimum absolute atomic E-state index is 0.150. The van der Waals surface area contributed by atoms with Gasteiger partial charge in [0.25, 0.3) is 10.1 Å². The highest BCUT2D eigenvalue weighted by atomic mass is 32.2. The molecule has 108 valence electrons. The van der Waals surface area contributed by atoms with E-state index in [1.165, 1.54) is 18.2 Å². The summed E-state index contributed by atoms with van der Waals surface area (Å²) in [6, 6.07) is 7.71. The number of carbonyl (C=O) groups is 2. The van der Waals surface area contributed by atoms with E-state index >= 15 is 0 Å². The van der Waals surface area contributed by atoms with Crippen LogP contribution in [0, 0.1) is 5.92 Å². The molecule has 0 aliphatic carbocycles. The van der Waals surface area contributed by atoms with E-state index < -0.39 is 33.5 Å². The van der Waals surface area contributed by atoms with Gasteiger partial charge in [0.1, 0.15) is 12.5 Å². The highest BCUT2D eigenvalue weighted by molar-refractivity contribution is 7.85. The maximum absolute atomic E-state index is 12.1. The van der Waals surface area contributed by atoms with Gasteiger partial charge in [-0.2, -0.15) is 8.42 Å². The van der Waals surface area contributed by atoms with Crippen molar-refractivity contribution in [2.45, 2.75) is 0 Å². The van der Waals surface area contributed by atoms with E-state index in [0.29, 0.717) is 0 Å². The van der Waals surface area contributed by atoms with Crippen LogP contribution in [0.2, 0.25) is 0 Å². The molecular weight excluding hydrogens is 284 g/mol. The lowest BCUT2D eigenvalue weighted by molar-refractivity contribution is -0.144. The predicted molar refractivity (Wildman–Crippen MR) is 71.8 cm³/mol.